The summed E-state index contributed by atoms with van der Waals surface area (Å²) in [5.41, 5.74) is 0. The Labute approximate surface area is 281 Å². The van der Waals surface area contributed by atoms with E-state index in [1.807, 2.05) is 0 Å². The average Bonchev–Trinajstić information content (AvgIpc) is 2.82. The van der Waals surface area contributed by atoms with Crippen LogP contribution < -0.4 is 0 Å². The Morgan fingerprint density at radius 1 is 0.354 bits per heavy atom. The molecule has 280 valence electrons. The second-order valence-corrected chi connectivity index (χ2v) is 12.4. The largest absolute Gasteiger partial charge is 0.617 e. The van der Waals surface area contributed by atoms with Gasteiger partial charge in [-0.25, -0.2) is 0 Å². The van der Waals surface area contributed by atoms with Crippen LogP contribution in [-0.2, 0) is 60.7 Å². The Balaban J connectivity index is -0.000000329. The topological polar surface area (TPSA) is 357 Å². The molecule has 0 spiro atoms. The summed E-state index contributed by atoms with van der Waals surface area (Å²) < 4.78 is 19.1. The highest BCUT2D eigenvalue weighted by Crippen LogP contribution is 1.95. The zero-order valence-electron chi connectivity index (χ0n) is 26.8. The van der Waals surface area contributed by atoms with Gasteiger partial charge in [-0.3, -0.25) is 58.0 Å². The van der Waals surface area contributed by atoms with Crippen LogP contribution in [0.25, 0.3) is 0 Å². The van der Waals surface area contributed by atoms with E-state index in [0.29, 0.717) is 0 Å². The van der Waals surface area contributed by atoms with Crippen LogP contribution in [-0.4, -0.2) is 221 Å². The molecule has 22 nitrogen and oxygen atoms in total. The number of nitrogens with zero attached hydrogens (tertiary/aromatic N) is 4. The van der Waals surface area contributed by atoms with Crippen LogP contribution in [0.2, 0.25) is 0 Å². The van der Waals surface area contributed by atoms with Gasteiger partial charge in [-0.2, -0.15) is 0 Å². The standard InChI is InChI=1S/2C10H16N2O8.2C2H6OS/c2*13-7(14)3-11(4-8(15)16)1-2-12(5-9(17)18)6-10(19)20;2*1-4(2)3/h2*1-6H2,(H,13,14)(H,15,16)(H,17,18)(H,19,20);2*1-2H3. The van der Waals surface area contributed by atoms with Crippen LogP contribution in [0.5, 0.6) is 0 Å². The zero-order chi connectivity index (χ0) is 38.6. The number of aliphatic carboxylic acids is 8. The van der Waals surface area contributed by atoms with Gasteiger partial charge in [-0.05, 0) is 0 Å². The molecule has 0 unspecified atom stereocenters. The molecule has 0 bridgehead atoms. The van der Waals surface area contributed by atoms with Gasteiger partial charge in [0.2, 0.25) is 0 Å². The van der Waals surface area contributed by atoms with E-state index >= 15 is 0 Å². The highest BCUT2D eigenvalue weighted by Gasteiger charge is 2.19. The maximum atomic E-state index is 10.6. The molecule has 0 aliphatic heterocycles. The van der Waals surface area contributed by atoms with Crippen molar-refractivity contribution >= 4 is 70.1 Å². The van der Waals surface area contributed by atoms with Crippen LogP contribution >= 0.6 is 0 Å². The van der Waals surface area contributed by atoms with Crippen molar-refractivity contribution in [2.75, 3.05) is 104 Å². The van der Waals surface area contributed by atoms with E-state index in [1.165, 1.54) is 0 Å². The Kier molecular flexibility index (Phi) is 32.5. The normalized spacial score (nSPS) is 10.4. The Morgan fingerprint density at radius 2 is 0.438 bits per heavy atom. The minimum Gasteiger partial charge on any atom is -0.617 e. The fraction of sp³-hybridized carbons (Fsp3) is 0.667. The predicted octanol–water partition coefficient (Wildman–Crippen LogP) is -4.15. The maximum Gasteiger partial charge on any atom is 0.317 e. The minimum atomic E-state index is -1.23. The predicted molar refractivity (Wildman–Crippen MR) is 167 cm³/mol. The molecule has 0 aliphatic carbocycles. The Bertz CT molecular complexity index is 798. The quantitative estimate of drug-likeness (QED) is 0.0488. The van der Waals surface area contributed by atoms with Crippen molar-refractivity contribution in [3.63, 3.8) is 0 Å². The van der Waals surface area contributed by atoms with Crippen molar-refractivity contribution in [1.82, 2.24) is 19.6 Å². The van der Waals surface area contributed by atoms with Crippen molar-refractivity contribution in [1.29, 1.82) is 0 Å². The molecular formula is C24H44N4O18S2. The van der Waals surface area contributed by atoms with E-state index in [-0.39, 0.29) is 26.2 Å². The third kappa shape index (κ3) is 49.1. The monoisotopic (exact) mass is 740 g/mol. The van der Waals surface area contributed by atoms with Crippen LogP contribution in [0.1, 0.15) is 0 Å². The number of carboxylic acid groups (broad SMARTS) is 8. The van der Waals surface area contributed by atoms with Crippen LogP contribution in [0.4, 0.5) is 0 Å². The first-order chi connectivity index (χ1) is 21.9. The van der Waals surface area contributed by atoms with Gasteiger partial charge < -0.3 is 50.0 Å². The van der Waals surface area contributed by atoms with Crippen molar-refractivity contribution in [3.8, 4) is 0 Å². The SMILES string of the molecule is C[S+](C)[O-].C[S+](C)[O-].O=C(O)CN(CCN(CC(=O)O)CC(=O)O)CC(=O)O.O=C(O)CN(CCN(CC(=O)O)CC(=O)O)CC(=O)O. The fourth-order valence-corrected chi connectivity index (χ4v) is 2.95. The molecule has 24 heteroatoms. The van der Waals surface area contributed by atoms with Crippen LogP contribution in [0.15, 0.2) is 0 Å². The lowest BCUT2D eigenvalue weighted by Crippen LogP contribution is -2.43. The second-order valence-electron chi connectivity index (χ2n) is 9.48. The third-order valence-corrected chi connectivity index (χ3v) is 4.34. The van der Waals surface area contributed by atoms with Crippen LogP contribution in [0.3, 0.4) is 0 Å². The van der Waals surface area contributed by atoms with Gasteiger partial charge in [-0.15, -0.1) is 0 Å². The summed E-state index contributed by atoms with van der Waals surface area (Å²) in [7, 11) is 0. The summed E-state index contributed by atoms with van der Waals surface area (Å²) >= 11 is -1.22. The van der Waals surface area contributed by atoms with Gasteiger partial charge >= 0.3 is 47.8 Å². The summed E-state index contributed by atoms with van der Waals surface area (Å²) in [5.74, 6) is -9.82. The third-order valence-electron chi connectivity index (χ3n) is 4.34. The van der Waals surface area contributed by atoms with Crippen molar-refractivity contribution in [2.24, 2.45) is 0 Å². The highest BCUT2D eigenvalue weighted by atomic mass is 32.2. The fourth-order valence-electron chi connectivity index (χ4n) is 2.95. The molecule has 0 aromatic rings. The number of hydrogen-bond acceptors (Lipinski definition) is 14. The van der Waals surface area contributed by atoms with Crippen molar-refractivity contribution in [2.45, 2.75) is 0 Å². The zero-order valence-corrected chi connectivity index (χ0v) is 28.4. The lowest BCUT2D eigenvalue weighted by molar-refractivity contribution is -0.145. The second kappa shape index (κ2) is 30.5. The molecule has 0 rings (SSSR count). The van der Waals surface area contributed by atoms with Crippen LogP contribution in [0, 0.1) is 0 Å². The van der Waals surface area contributed by atoms with E-state index in [2.05, 4.69) is 0 Å². The van der Waals surface area contributed by atoms with E-state index in [0.717, 1.165) is 19.6 Å². The molecule has 8 N–H and O–H groups in total. The average molecular weight is 741 g/mol. The van der Waals surface area contributed by atoms with E-state index in [9.17, 15) is 47.5 Å². The van der Waals surface area contributed by atoms with E-state index < -0.39 is 122 Å². The number of carbonyl (C=O) groups is 8. The first-order valence-electron chi connectivity index (χ1n) is 13.0. The molecule has 0 heterocycles. The van der Waals surface area contributed by atoms with Crippen molar-refractivity contribution in [3.05, 3.63) is 0 Å². The lowest BCUT2D eigenvalue weighted by Gasteiger charge is -2.23. The number of hydrogen-bond donors (Lipinski definition) is 8. The number of rotatable bonds is 22. The molecule has 0 aromatic heterocycles. The molecule has 0 amide bonds. The Hall–Kier alpha value is -3.78. The molecule has 48 heavy (non-hydrogen) atoms. The van der Waals surface area contributed by atoms with Gasteiger partial charge in [0, 0.05) is 26.2 Å². The molecular weight excluding hydrogens is 696 g/mol. The number of carboxylic acids is 8. The van der Waals surface area contributed by atoms with E-state index in [1.54, 1.807) is 25.0 Å². The van der Waals surface area contributed by atoms with E-state index in [4.69, 9.17) is 40.9 Å². The summed E-state index contributed by atoms with van der Waals surface area (Å²) in [6, 6.07) is 0. The highest BCUT2D eigenvalue weighted by molar-refractivity contribution is 7.90. The summed E-state index contributed by atoms with van der Waals surface area (Å²) in [6.07, 6.45) is 6.56. The Morgan fingerprint density at radius 3 is 0.500 bits per heavy atom. The molecule has 0 saturated heterocycles. The van der Waals surface area contributed by atoms with Gasteiger partial charge in [0.15, 0.2) is 0 Å². The molecule has 0 aromatic carbocycles. The minimum absolute atomic E-state index is 0.0703. The summed E-state index contributed by atoms with van der Waals surface area (Å²) in [4.78, 5) is 88.7. The van der Waals surface area contributed by atoms with Gasteiger partial charge in [0.1, 0.15) is 0 Å². The lowest BCUT2D eigenvalue weighted by atomic mass is 10.4. The molecule has 0 atom stereocenters. The van der Waals surface area contributed by atoms with Gasteiger partial charge in [0.25, 0.3) is 0 Å². The smallest absolute Gasteiger partial charge is 0.317 e. The van der Waals surface area contributed by atoms with Gasteiger partial charge in [-0.1, -0.05) is 22.4 Å². The molecule has 0 radical (unpaired) electrons. The first-order valence-corrected chi connectivity index (χ1v) is 16.9. The maximum absolute atomic E-state index is 10.6. The molecule has 0 fully saturated rings. The first kappa shape index (κ1) is 51.1. The summed E-state index contributed by atoms with van der Waals surface area (Å²) in [6.45, 7) is -4.50. The molecule has 0 aliphatic rings. The summed E-state index contributed by atoms with van der Waals surface area (Å²) in [5, 5.41) is 68.9. The van der Waals surface area contributed by atoms with Crippen molar-refractivity contribution < 1.29 is 88.3 Å². The van der Waals surface area contributed by atoms with Gasteiger partial charge in [0.05, 0.1) is 77.4 Å². The molecule has 0 saturated carbocycles.